The van der Waals surface area contributed by atoms with Crippen LogP contribution in [0.3, 0.4) is 0 Å². The maximum atomic E-state index is 12.3. The summed E-state index contributed by atoms with van der Waals surface area (Å²) in [5, 5.41) is 2.68. The predicted octanol–water partition coefficient (Wildman–Crippen LogP) is 0.716. The summed E-state index contributed by atoms with van der Waals surface area (Å²) in [7, 11) is 0. The Balaban J connectivity index is 1.65. The van der Waals surface area contributed by atoms with E-state index in [2.05, 4.69) is 10.3 Å². The molecule has 3 rings (SSSR count). The van der Waals surface area contributed by atoms with Crippen LogP contribution in [0.2, 0.25) is 0 Å². The van der Waals surface area contributed by atoms with Crippen molar-refractivity contribution in [3.8, 4) is 5.75 Å². The van der Waals surface area contributed by atoms with Crippen molar-refractivity contribution in [2.24, 2.45) is 5.73 Å². The number of carbonyl (C=O) groups is 3. The van der Waals surface area contributed by atoms with Crippen molar-refractivity contribution < 1.29 is 23.9 Å². The Bertz CT molecular complexity index is 823. The number of benzene rings is 1. The summed E-state index contributed by atoms with van der Waals surface area (Å²) in [5.41, 5.74) is 5.81. The molecule has 1 fully saturated rings. The highest BCUT2D eigenvalue weighted by molar-refractivity contribution is 6.42. The molecular formula is C19H19N3O5. The van der Waals surface area contributed by atoms with Gasteiger partial charge in [0.25, 0.3) is 11.7 Å². The summed E-state index contributed by atoms with van der Waals surface area (Å²) >= 11 is 0. The normalized spacial score (nSPS) is 19.1. The Morgan fingerprint density at radius 1 is 1.15 bits per heavy atom. The Morgan fingerprint density at radius 2 is 1.93 bits per heavy atom. The minimum Gasteiger partial charge on any atom is -0.488 e. The highest BCUT2D eigenvalue weighted by atomic mass is 16.5. The monoisotopic (exact) mass is 369 g/mol. The van der Waals surface area contributed by atoms with Gasteiger partial charge in [0.1, 0.15) is 11.9 Å². The van der Waals surface area contributed by atoms with Gasteiger partial charge >= 0.3 is 0 Å². The van der Waals surface area contributed by atoms with E-state index in [0.29, 0.717) is 24.3 Å². The van der Waals surface area contributed by atoms with Crippen LogP contribution in [0.15, 0.2) is 48.8 Å². The largest absolute Gasteiger partial charge is 0.488 e. The molecule has 8 heteroatoms. The van der Waals surface area contributed by atoms with Crippen molar-refractivity contribution >= 4 is 17.6 Å². The van der Waals surface area contributed by atoms with Gasteiger partial charge in [0.05, 0.1) is 19.3 Å². The summed E-state index contributed by atoms with van der Waals surface area (Å²) < 4.78 is 11.3. The second-order valence-electron chi connectivity index (χ2n) is 6.06. The van der Waals surface area contributed by atoms with E-state index in [1.54, 1.807) is 30.3 Å². The lowest BCUT2D eigenvalue weighted by molar-refractivity contribution is -0.120. The highest BCUT2D eigenvalue weighted by Crippen LogP contribution is 2.19. The van der Waals surface area contributed by atoms with Gasteiger partial charge in [-0.2, -0.15) is 0 Å². The number of rotatable bonds is 6. The van der Waals surface area contributed by atoms with Gasteiger partial charge in [0.15, 0.2) is 0 Å². The first-order valence-corrected chi connectivity index (χ1v) is 8.44. The fourth-order valence-electron chi connectivity index (χ4n) is 2.73. The first-order valence-electron chi connectivity index (χ1n) is 8.44. The number of primary amides is 1. The van der Waals surface area contributed by atoms with Crippen LogP contribution >= 0.6 is 0 Å². The van der Waals surface area contributed by atoms with Gasteiger partial charge in [-0.05, 0) is 36.4 Å². The molecule has 2 amide bonds. The fourth-order valence-corrected chi connectivity index (χ4v) is 2.73. The molecule has 1 aromatic carbocycles. The van der Waals surface area contributed by atoms with Gasteiger partial charge in [-0.25, -0.2) is 0 Å². The summed E-state index contributed by atoms with van der Waals surface area (Å²) in [4.78, 5) is 39.5. The molecule has 27 heavy (non-hydrogen) atoms. The molecule has 0 spiro atoms. The highest BCUT2D eigenvalue weighted by Gasteiger charge is 2.31. The van der Waals surface area contributed by atoms with Crippen LogP contribution in [-0.2, 0) is 9.53 Å². The lowest BCUT2D eigenvalue weighted by Crippen LogP contribution is -2.53. The Hall–Kier alpha value is -3.26. The van der Waals surface area contributed by atoms with Crippen LogP contribution in [0.4, 0.5) is 0 Å². The van der Waals surface area contributed by atoms with Crippen LogP contribution < -0.4 is 15.8 Å². The van der Waals surface area contributed by atoms with Gasteiger partial charge in [-0.15, -0.1) is 0 Å². The third-order valence-corrected chi connectivity index (χ3v) is 4.17. The molecule has 1 aliphatic rings. The molecule has 1 aromatic heterocycles. The fraction of sp³-hybridized carbons (Fsp3) is 0.263. The van der Waals surface area contributed by atoms with Gasteiger partial charge in [0.2, 0.25) is 5.91 Å². The van der Waals surface area contributed by atoms with Crippen LogP contribution in [0.25, 0.3) is 0 Å². The molecular weight excluding hydrogens is 350 g/mol. The van der Waals surface area contributed by atoms with Gasteiger partial charge in [0, 0.05) is 29.9 Å². The summed E-state index contributed by atoms with van der Waals surface area (Å²) in [6.45, 7) is 0.711. The Labute approximate surface area is 155 Å². The molecule has 0 saturated carbocycles. The van der Waals surface area contributed by atoms with Crippen LogP contribution in [0, 0.1) is 0 Å². The van der Waals surface area contributed by atoms with E-state index in [1.165, 1.54) is 18.5 Å². The van der Waals surface area contributed by atoms with Crippen molar-refractivity contribution in [2.45, 2.75) is 18.6 Å². The van der Waals surface area contributed by atoms with E-state index < -0.39 is 23.6 Å². The van der Waals surface area contributed by atoms with E-state index in [0.717, 1.165) is 0 Å². The number of ether oxygens (including phenoxy) is 2. The zero-order chi connectivity index (χ0) is 19.2. The molecule has 140 valence electrons. The van der Waals surface area contributed by atoms with Crippen molar-refractivity contribution in [3.63, 3.8) is 0 Å². The molecule has 3 N–H and O–H groups in total. The molecule has 0 radical (unpaired) electrons. The number of hydrogen-bond donors (Lipinski definition) is 2. The van der Waals surface area contributed by atoms with E-state index in [9.17, 15) is 14.4 Å². The Morgan fingerprint density at radius 3 is 2.59 bits per heavy atom. The number of nitrogens with zero attached hydrogens (tertiary/aromatic N) is 1. The van der Waals surface area contributed by atoms with Crippen molar-refractivity contribution in [1.29, 1.82) is 0 Å². The zero-order valence-corrected chi connectivity index (χ0v) is 14.5. The standard InChI is InChI=1S/C19H19N3O5/c20-18(24)12-3-5-14(6-4-12)27-16-7-9-26-11-15(16)22-19(25)17(23)13-2-1-8-21-10-13/h1-6,8,10,15-16H,7,9,11H2,(H2,20,24)(H,22,25)/t15-,16-/m1/s1. The van der Waals surface area contributed by atoms with Crippen molar-refractivity contribution in [1.82, 2.24) is 10.3 Å². The summed E-state index contributed by atoms with van der Waals surface area (Å²) in [6, 6.07) is 9.03. The van der Waals surface area contributed by atoms with Gasteiger partial charge in [-0.1, -0.05) is 0 Å². The third kappa shape index (κ3) is 4.68. The average molecular weight is 369 g/mol. The molecule has 1 saturated heterocycles. The van der Waals surface area contributed by atoms with Crippen LogP contribution in [0.5, 0.6) is 5.75 Å². The maximum absolute atomic E-state index is 12.3. The molecule has 2 atom stereocenters. The minimum absolute atomic E-state index is 0.214. The molecule has 8 nitrogen and oxygen atoms in total. The van der Waals surface area contributed by atoms with Gasteiger partial charge < -0.3 is 20.5 Å². The number of carbonyl (C=O) groups excluding carboxylic acids is 3. The molecule has 0 aliphatic carbocycles. The van der Waals surface area contributed by atoms with Crippen molar-refractivity contribution in [2.75, 3.05) is 13.2 Å². The lowest BCUT2D eigenvalue weighted by Gasteiger charge is -2.32. The number of nitrogens with one attached hydrogen (secondary N) is 1. The smallest absolute Gasteiger partial charge is 0.292 e. The van der Waals surface area contributed by atoms with Crippen LogP contribution in [-0.4, -0.2) is 47.9 Å². The molecule has 0 bridgehead atoms. The van der Waals surface area contributed by atoms with E-state index >= 15 is 0 Å². The molecule has 2 aromatic rings. The number of ketones is 1. The zero-order valence-electron chi connectivity index (χ0n) is 14.5. The first-order chi connectivity index (χ1) is 13.0. The lowest BCUT2D eigenvalue weighted by atomic mass is 10.1. The molecule has 2 heterocycles. The second kappa shape index (κ2) is 8.41. The number of hydrogen-bond acceptors (Lipinski definition) is 6. The second-order valence-corrected chi connectivity index (χ2v) is 6.06. The quantitative estimate of drug-likeness (QED) is 0.572. The molecule has 0 unspecified atom stereocenters. The SMILES string of the molecule is NC(=O)c1ccc(O[C@@H]2CCOC[C@H]2NC(=O)C(=O)c2cccnc2)cc1. The maximum Gasteiger partial charge on any atom is 0.292 e. The number of amides is 2. The molecule has 1 aliphatic heterocycles. The van der Waals surface area contributed by atoms with Crippen molar-refractivity contribution in [3.05, 3.63) is 59.9 Å². The van der Waals surface area contributed by atoms with E-state index in [1.807, 2.05) is 0 Å². The number of Topliss-reactive ketones (excluding diaryl/α,β-unsaturated/α-hetero) is 1. The number of nitrogens with two attached hydrogens (primary N) is 1. The Kier molecular flexibility index (Phi) is 5.77. The third-order valence-electron chi connectivity index (χ3n) is 4.17. The van der Waals surface area contributed by atoms with E-state index in [-0.39, 0.29) is 18.3 Å². The summed E-state index contributed by atoms with van der Waals surface area (Å²) in [5.74, 6) is -1.40. The topological polar surface area (TPSA) is 121 Å². The number of pyridine rings is 1. The van der Waals surface area contributed by atoms with Gasteiger partial charge in [-0.3, -0.25) is 19.4 Å². The predicted molar refractivity (Wildman–Crippen MR) is 95.3 cm³/mol. The number of aromatic nitrogens is 1. The summed E-state index contributed by atoms with van der Waals surface area (Å²) in [6.07, 6.45) is 3.04. The van der Waals surface area contributed by atoms with E-state index in [4.69, 9.17) is 15.2 Å². The van der Waals surface area contributed by atoms with Crippen LogP contribution in [0.1, 0.15) is 27.1 Å². The average Bonchev–Trinajstić information content (AvgIpc) is 2.70. The first kappa shape index (κ1) is 18.5. The minimum atomic E-state index is -0.740.